The van der Waals surface area contributed by atoms with Crippen molar-refractivity contribution in [2.24, 2.45) is 0 Å². The van der Waals surface area contributed by atoms with E-state index in [2.05, 4.69) is 5.32 Å². The van der Waals surface area contributed by atoms with E-state index in [1.807, 2.05) is 30.1 Å². The van der Waals surface area contributed by atoms with Crippen LogP contribution in [0.25, 0.3) is 0 Å². The van der Waals surface area contributed by atoms with Crippen LogP contribution in [0.5, 0.6) is 0 Å². The van der Waals surface area contributed by atoms with Gasteiger partial charge in [-0.1, -0.05) is 30.3 Å². The summed E-state index contributed by atoms with van der Waals surface area (Å²) in [6.07, 6.45) is 2.58. The number of rotatable bonds is 5. The zero-order valence-corrected chi connectivity index (χ0v) is 12.0. The number of Topliss-reactive ketones (excluding diaryl/α,β-unsaturated/α-hetero) is 1. The molecule has 1 aromatic rings. The van der Waals surface area contributed by atoms with Crippen molar-refractivity contribution in [3.05, 3.63) is 35.9 Å². The van der Waals surface area contributed by atoms with E-state index in [0.717, 1.165) is 25.9 Å². The van der Waals surface area contributed by atoms with Crippen LogP contribution in [-0.4, -0.2) is 42.8 Å². The molecule has 1 aromatic carbocycles. The van der Waals surface area contributed by atoms with Gasteiger partial charge in [-0.2, -0.15) is 0 Å². The molecule has 0 atom stereocenters. The number of piperidine rings is 1. The second-order valence-electron chi connectivity index (χ2n) is 5.28. The largest absolute Gasteiger partial charge is 0.343 e. The minimum Gasteiger partial charge on any atom is -0.343 e. The molecule has 0 radical (unpaired) electrons. The third kappa shape index (κ3) is 3.90. The lowest BCUT2D eigenvalue weighted by atomic mass is 10.0. The molecule has 0 bridgehead atoms. The summed E-state index contributed by atoms with van der Waals surface area (Å²) in [6, 6.07) is 9.47. The first kappa shape index (κ1) is 14.7. The van der Waals surface area contributed by atoms with E-state index in [0.29, 0.717) is 18.0 Å². The number of nitrogens with one attached hydrogen (secondary N) is 1. The Hall–Kier alpha value is -1.68. The highest BCUT2D eigenvalue weighted by molar-refractivity contribution is 5.97. The van der Waals surface area contributed by atoms with Gasteiger partial charge in [0.2, 0.25) is 5.91 Å². The highest BCUT2D eigenvalue weighted by atomic mass is 16.2. The number of benzene rings is 1. The Labute approximate surface area is 120 Å². The van der Waals surface area contributed by atoms with Gasteiger partial charge in [-0.15, -0.1) is 0 Å². The third-order valence-corrected chi connectivity index (χ3v) is 3.91. The van der Waals surface area contributed by atoms with Crippen LogP contribution in [0, 0.1) is 0 Å². The first-order chi connectivity index (χ1) is 9.68. The van der Waals surface area contributed by atoms with E-state index >= 15 is 0 Å². The standard InChI is InChI=1S/C16H22N2O2/c1-18(14-9-11-17-12-10-14)16(20)8-7-15(19)13-5-3-2-4-6-13/h2-6,14,17H,7-12H2,1H3. The van der Waals surface area contributed by atoms with Crippen molar-refractivity contribution >= 4 is 11.7 Å². The molecular weight excluding hydrogens is 252 g/mol. The van der Waals surface area contributed by atoms with Crippen LogP contribution in [0.2, 0.25) is 0 Å². The van der Waals surface area contributed by atoms with Gasteiger partial charge in [0.25, 0.3) is 0 Å². The van der Waals surface area contributed by atoms with Crippen molar-refractivity contribution in [1.82, 2.24) is 10.2 Å². The van der Waals surface area contributed by atoms with Gasteiger partial charge in [0.1, 0.15) is 0 Å². The summed E-state index contributed by atoms with van der Waals surface area (Å²) in [5.74, 6) is 0.110. The lowest BCUT2D eigenvalue weighted by Crippen LogP contribution is -2.44. The molecule has 0 saturated carbocycles. The number of hydrogen-bond donors (Lipinski definition) is 1. The Morgan fingerprint density at radius 1 is 1.15 bits per heavy atom. The van der Waals surface area contributed by atoms with Gasteiger partial charge in [0.05, 0.1) is 0 Å². The van der Waals surface area contributed by atoms with E-state index < -0.39 is 0 Å². The molecule has 0 unspecified atom stereocenters. The van der Waals surface area contributed by atoms with Crippen molar-refractivity contribution in [2.75, 3.05) is 20.1 Å². The maximum Gasteiger partial charge on any atom is 0.223 e. The van der Waals surface area contributed by atoms with Crippen LogP contribution in [0.4, 0.5) is 0 Å². The Morgan fingerprint density at radius 2 is 1.80 bits per heavy atom. The predicted octanol–water partition coefficient (Wildman–Crippen LogP) is 1.86. The molecule has 1 saturated heterocycles. The molecule has 2 rings (SSSR count). The van der Waals surface area contributed by atoms with Crippen molar-refractivity contribution in [1.29, 1.82) is 0 Å². The topological polar surface area (TPSA) is 49.4 Å². The van der Waals surface area contributed by atoms with Crippen molar-refractivity contribution in [3.8, 4) is 0 Å². The van der Waals surface area contributed by atoms with Gasteiger partial charge >= 0.3 is 0 Å². The smallest absolute Gasteiger partial charge is 0.223 e. The quantitative estimate of drug-likeness (QED) is 0.834. The summed E-state index contributed by atoms with van der Waals surface area (Å²) in [4.78, 5) is 25.9. The van der Waals surface area contributed by atoms with E-state index in [1.165, 1.54) is 0 Å². The lowest BCUT2D eigenvalue weighted by Gasteiger charge is -2.31. The molecule has 1 fully saturated rings. The highest BCUT2D eigenvalue weighted by Gasteiger charge is 2.22. The molecule has 1 heterocycles. The van der Waals surface area contributed by atoms with Gasteiger partial charge in [-0.25, -0.2) is 0 Å². The average Bonchev–Trinajstić information content (AvgIpc) is 2.53. The number of nitrogens with zero attached hydrogens (tertiary/aromatic N) is 1. The minimum absolute atomic E-state index is 0.0395. The zero-order valence-electron chi connectivity index (χ0n) is 12.0. The molecule has 1 N–H and O–H groups in total. The molecule has 1 amide bonds. The summed E-state index contributed by atoms with van der Waals surface area (Å²) in [7, 11) is 1.85. The van der Waals surface area contributed by atoms with E-state index in [9.17, 15) is 9.59 Å². The van der Waals surface area contributed by atoms with E-state index in [4.69, 9.17) is 0 Å². The van der Waals surface area contributed by atoms with Crippen molar-refractivity contribution in [2.45, 2.75) is 31.7 Å². The average molecular weight is 274 g/mol. The first-order valence-electron chi connectivity index (χ1n) is 7.23. The number of carbonyl (C=O) groups is 2. The van der Waals surface area contributed by atoms with Gasteiger partial charge in [0, 0.05) is 31.5 Å². The molecule has 0 aliphatic carbocycles. The number of ketones is 1. The number of amides is 1. The second kappa shape index (κ2) is 7.20. The maximum absolute atomic E-state index is 12.1. The molecule has 0 spiro atoms. The van der Waals surface area contributed by atoms with Crippen molar-refractivity contribution in [3.63, 3.8) is 0 Å². The molecule has 0 aromatic heterocycles. The Kier molecular flexibility index (Phi) is 5.30. The second-order valence-corrected chi connectivity index (χ2v) is 5.28. The summed E-state index contributed by atoms with van der Waals surface area (Å²) in [6.45, 7) is 1.93. The molecular formula is C16H22N2O2. The predicted molar refractivity (Wildman–Crippen MR) is 78.7 cm³/mol. The fourth-order valence-electron chi connectivity index (χ4n) is 2.56. The molecule has 4 nitrogen and oxygen atoms in total. The summed E-state index contributed by atoms with van der Waals surface area (Å²) in [5.41, 5.74) is 0.685. The van der Waals surface area contributed by atoms with E-state index in [-0.39, 0.29) is 18.1 Å². The molecule has 1 aliphatic heterocycles. The molecule has 20 heavy (non-hydrogen) atoms. The lowest BCUT2D eigenvalue weighted by molar-refractivity contribution is -0.132. The Balaban J connectivity index is 1.81. The number of carbonyl (C=O) groups excluding carboxylic acids is 2. The highest BCUT2D eigenvalue weighted by Crippen LogP contribution is 2.13. The van der Waals surface area contributed by atoms with E-state index in [1.54, 1.807) is 12.1 Å². The SMILES string of the molecule is CN(C(=O)CCC(=O)c1ccccc1)C1CCNCC1. The van der Waals surface area contributed by atoms with Crippen LogP contribution in [0.1, 0.15) is 36.0 Å². The van der Waals surface area contributed by atoms with Gasteiger partial charge in [-0.3, -0.25) is 9.59 Å². The van der Waals surface area contributed by atoms with Crippen LogP contribution >= 0.6 is 0 Å². The van der Waals surface area contributed by atoms with Crippen molar-refractivity contribution < 1.29 is 9.59 Å². The monoisotopic (exact) mass is 274 g/mol. The molecule has 108 valence electrons. The summed E-state index contributed by atoms with van der Waals surface area (Å²) in [5, 5.41) is 3.29. The van der Waals surface area contributed by atoms with Gasteiger partial charge < -0.3 is 10.2 Å². The number of hydrogen-bond acceptors (Lipinski definition) is 3. The van der Waals surface area contributed by atoms with Gasteiger partial charge in [-0.05, 0) is 25.9 Å². The zero-order chi connectivity index (χ0) is 14.4. The Morgan fingerprint density at radius 3 is 2.45 bits per heavy atom. The third-order valence-electron chi connectivity index (χ3n) is 3.91. The maximum atomic E-state index is 12.1. The van der Waals surface area contributed by atoms with Crippen LogP contribution in [0.15, 0.2) is 30.3 Å². The fourth-order valence-corrected chi connectivity index (χ4v) is 2.56. The first-order valence-corrected chi connectivity index (χ1v) is 7.23. The Bertz CT molecular complexity index is 453. The molecule has 4 heteroatoms. The summed E-state index contributed by atoms with van der Waals surface area (Å²) >= 11 is 0. The van der Waals surface area contributed by atoms with Crippen LogP contribution in [-0.2, 0) is 4.79 Å². The summed E-state index contributed by atoms with van der Waals surface area (Å²) < 4.78 is 0. The van der Waals surface area contributed by atoms with Crippen LogP contribution in [0.3, 0.4) is 0 Å². The van der Waals surface area contributed by atoms with Crippen LogP contribution < -0.4 is 5.32 Å². The normalized spacial score (nSPS) is 15.8. The minimum atomic E-state index is 0.0395. The molecule has 1 aliphatic rings. The fraction of sp³-hybridized carbons (Fsp3) is 0.500. The van der Waals surface area contributed by atoms with Gasteiger partial charge in [0.15, 0.2) is 5.78 Å².